The number of nitrogens with zero attached hydrogens (tertiary/aromatic N) is 2. The van der Waals surface area contributed by atoms with Crippen LogP contribution in [0, 0.1) is 0 Å². The first-order valence-corrected chi connectivity index (χ1v) is 8.45. The molecular formula is C17H21ClN2O3. The van der Waals surface area contributed by atoms with E-state index >= 15 is 0 Å². The fourth-order valence-corrected chi connectivity index (χ4v) is 3.88. The topological polar surface area (TPSA) is 60.9 Å². The van der Waals surface area contributed by atoms with Gasteiger partial charge in [0.15, 0.2) is 0 Å². The lowest BCUT2D eigenvalue weighted by Crippen LogP contribution is -2.50. The van der Waals surface area contributed by atoms with Gasteiger partial charge in [-0.2, -0.15) is 0 Å². The first-order valence-electron chi connectivity index (χ1n) is 8.07. The number of carbonyl (C=O) groups excluding carboxylic acids is 1. The summed E-state index contributed by atoms with van der Waals surface area (Å²) in [4.78, 5) is 27.4. The van der Waals surface area contributed by atoms with Gasteiger partial charge in [0.2, 0.25) is 5.91 Å². The molecule has 1 aromatic carbocycles. The Morgan fingerprint density at radius 3 is 2.91 bits per heavy atom. The minimum absolute atomic E-state index is 0.0459. The van der Waals surface area contributed by atoms with Gasteiger partial charge in [0.25, 0.3) is 0 Å². The summed E-state index contributed by atoms with van der Waals surface area (Å²) in [6, 6.07) is 5.69. The van der Waals surface area contributed by atoms with E-state index in [0.717, 1.165) is 37.3 Å². The average Bonchev–Trinajstić information content (AvgIpc) is 2.69. The molecule has 124 valence electrons. The fraction of sp³-hybridized carbons (Fsp3) is 0.529. The van der Waals surface area contributed by atoms with Crippen LogP contribution >= 0.6 is 11.6 Å². The van der Waals surface area contributed by atoms with Crippen molar-refractivity contribution in [2.75, 3.05) is 19.6 Å². The van der Waals surface area contributed by atoms with E-state index in [2.05, 4.69) is 11.0 Å². The van der Waals surface area contributed by atoms with E-state index < -0.39 is 5.97 Å². The number of benzene rings is 1. The minimum Gasteiger partial charge on any atom is -0.480 e. The summed E-state index contributed by atoms with van der Waals surface area (Å²) in [6.07, 6.45) is 3.44. The number of carboxylic acids is 1. The zero-order valence-corrected chi connectivity index (χ0v) is 13.8. The molecule has 23 heavy (non-hydrogen) atoms. The van der Waals surface area contributed by atoms with Gasteiger partial charge in [0.05, 0.1) is 6.04 Å². The zero-order valence-electron chi connectivity index (χ0n) is 13.0. The van der Waals surface area contributed by atoms with Crippen LogP contribution < -0.4 is 0 Å². The molecule has 1 aromatic rings. The number of fused-ring (bicyclic) bond motifs is 1. The molecule has 1 N–H and O–H groups in total. The summed E-state index contributed by atoms with van der Waals surface area (Å²) in [5, 5.41) is 9.80. The second-order valence-corrected chi connectivity index (χ2v) is 6.67. The van der Waals surface area contributed by atoms with Crippen LogP contribution in [0.2, 0.25) is 5.02 Å². The monoisotopic (exact) mass is 336 g/mol. The van der Waals surface area contributed by atoms with Gasteiger partial charge in [-0.15, -0.1) is 0 Å². The zero-order chi connectivity index (χ0) is 16.4. The van der Waals surface area contributed by atoms with Gasteiger partial charge in [-0.3, -0.25) is 14.5 Å². The van der Waals surface area contributed by atoms with Crippen molar-refractivity contribution >= 4 is 23.5 Å². The number of carbonyl (C=O) groups is 2. The fourth-order valence-electron chi connectivity index (χ4n) is 3.59. The summed E-state index contributed by atoms with van der Waals surface area (Å²) in [5.74, 6) is -0.995. The third-order valence-corrected chi connectivity index (χ3v) is 5.11. The number of hydrogen-bond acceptors (Lipinski definition) is 3. The minimum atomic E-state index is -0.949. The predicted octanol–water partition coefficient (Wildman–Crippen LogP) is 2.16. The molecule has 2 heterocycles. The average molecular weight is 337 g/mol. The molecule has 3 rings (SSSR count). The molecule has 2 aliphatic rings. The summed E-state index contributed by atoms with van der Waals surface area (Å²) in [5.41, 5.74) is 2.35. The molecule has 1 fully saturated rings. The molecule has 0 bridgehead atoms. The van der Waals surface area contributed by atoms with Crippen LogP contribution in [-0.2, 0) is 22.6 Å². The van der Waals surface area contributed by atoms with E-state index in [0.29, 0.717) is 13.1 Å². The van der Waals surface area contributed by atoms with E-state index in [-0.39, 0.29) is 18.5 Å². The largest absolute Gasteiger partial charge is 0.480 e. The van der Waals surface area contributed by atoms with E-state index in [4.69, 9.17) is 16.7 Å². The van der Waals surface area contributed by atoms with Gasteiger partial charge in [-0.05, 0) is 42.9 Å². The Labute approximate surface area is 140 Å². The van der Waals surface area contributed by atoms with E-state index in [1.165, 1.54) is 16.0 Å². The van der Waals surface area contributed by atoms with E-state index in [1.807, 2.05) is 12.1 Å². The van der Waals surface area contributed by atoms with Crippen molar-refractivity contribution in [1.29, 1.82) is 0 Å². The van der Waals surface area contributed by atoms with Crippen LogP contribution in [0.25, 0.3) is 0 Å². The van der Waals surface area contributed by atoms with Gasteiger partial charge in [0.1, 0.15) is 6.54 Å². The van der Waals surface area contributed by atoms with Crippen LogP contribution in [-0.4, -0.2) is 52.5 Å². The van der Waals surface area contributed by atoms with Crippen molar-refractivity contribution in [3.63, 3.8) is 0 Å². The maximum Gasteiger partial charge on any atom is 0.323 e. The van der Waals surface area contributed by atoms with E-state index in [1.54, 1.807) is 0 Å². The molecule has 1 amide bonds. The molecule has 0 saturated carbocycles. The molecule has 1 atom stereocenters. The highest BCUT2D eigenvalue weighted by atomic mass is 35.5. The third-order valence-electron chi connectivity index (χ3n) is 4.76. The van der Waals surface area contributed by atoms with Crippen LogP contribution in [0.1, 0.15) is 30.4 Å². The van der Waals surface area contributed by atoms with Gasteiger partial charge in [-0.25, -0.2) is 0 Å². The van der Waals surface area contributed by atoms with Crippen LogP contribution in [0.4, 0.5) is 0 Å². The number of halogens is 1. The lowest BCUT2D eigenvalue weighted by molar-refractivity contribution is -0.146. The SMILES string of the molecule is O=C(O)CN1CCCCC(N2CCc3c(Cl)cccc3C2)C1=O. The Balaban J connectivity index is 1.78. The summed E-state index contributed by atoms with van der Waals surface area (Å²) in [6.45, 7) is 1.82. The number of amides is 1. The molecule has 1 saturated heterocycles. The van der Waals surface area contributed by atoms with Crippen LogP contribution in [0.3, 0.4) is 0 Å². The van der Waals surface area contributed by atoms with E-state index in [9.17, 15) is 9.59 Å². The molecule has 0 aromatic heterocycles. The van der Waals surface area contributed by atoms with Gasteiger partial charge in [0, 0.05) is 24.7 Å². The first-order chi connectivity index (χ1) is 11.1. The van der Waals surface area contributed by atoms with Crippen molar-refractivity contribution < 1.29 is 14.7 Å². The predicted molar refractivity (Wildman–Crippen MR) is 87.4 cm³/mol. The maximum atomic E-state index is 12.8. The van der Waals surface area contributed by atoms with Crippen molar-refractivity contribution in [3.8, 4) is 0 Å². The van der Waals surface area contributed by atoms with Crippen molar-refractivity contribution in [2.45, 2.75) is 38.3 Å². The highest BCUT2D eigenvalue weighted by molar-refractivity contribution is 6.31. The highest BCUT2D eigenvalue weighted by Gasteiger charge is 2.34. The van der Waals surface area contributed by atoms with Crippen molar-refractivity contribution in [2.24, 2.45) is 0 Å². The Morgan fingerprint density at radius 1 is 1.30 bits per heavy atom. The molecule has 2 aliphatic heterocycles. The Hall–Kier alpha value is -1.59. The second kappa shape index (κ2) is 6.89. The van der Waals surface area contributed by atoms with Crippen LogP contribution in [0.15, 0.2) is 18.2 Å². The molecule has 0 spiro atoms. The van der Waals surface area contributed by atoms with Gasteiger partial charge >= 0.3 is 5.97 Å². The molecule has 1 unspecified atom stereocenters. The highest BCUT2D eigenvalue weighted by Crippen LogP contribution is 2.29. The lowest BCUT2D eigenvalue weighted by Gasteiger charge is -2.36. The third kappa shape index (κ3) is 3.51. The Kier molecular flexibility index (Phi) is 4.87. The van der Waals surface area contributed by atoms with Crippen molar-refractivity contribution in [3.05, 3.63) is 34.3 Å². The number of carboxylic acid groups (broad SMARTS) is 1. The number of likely N-dealkylation sites (tertiary alicyclic amines) is 1. The number of aliphatic carboxylic acids is 1. The number of hydrogen-bond donors (Lipinski definition) is 1. The smallest absolute Gasteiger partial charge is 0.323 e. The summed E-state index contributed by atoms with van der Waals surface area (Å²) >= 11 is 6.25. The van der Waals surface area contributed by atoms with Gasteiger partial charge < -0.3 is 10.0 Å². The lowest BCUT2D eigenvalue weighted by atomic mass is 9.97. The summed E-state index contributed by atoms with van der Waals surface area (Å²) < 4.78 is 0. The summed E-state index contributed by atoms with van der Waals surface area (Å²) in [7, 11) is 0. The Morgan fingerprint density at radius 2 is 2.13 bits per heavy atom. The van der Waals surface area contributed by atoms with Gasteiger partial charge in [-0.1, -0.05) is 23.7 Å². The standard InChI is InChI=1S/C17H21ClN2O3/c18-14-5-3-4-12-10-19(9-7-13(12)14)15-6-1-2-8-20(17(15)23)11-16(21)22/h3-5,15H,1-2,6-11H2,(H,21,22). The normalized spacial score (nSPS) is 22.6. The first kappa shape index (κ1) is 16.3. The maximum absolute atomic E-state index is 12.8. The molecular weight excluding hydrogens is 316 g/mol. The van der Waals surface area contributed by atoms with Crippen molar-refractivity contribution in [1.82, 2.24) is 9.80 Å². The quantitative estimate of drug-likeness (QED) is 0.919. The number of rotatable bonds is 3. The molecule has 0 aliphatic carbocycles. The molecule has 0 radical (unpaired) electrons. The Bertz CT molecular complexity index is 620. The second-order valence-electron chi connectivity index (χ2n) is 6.26. The van der Waals surface area contributed by atoms with Crippen LogP contribution in [0.5, 0.6) is 0 Å². The molecule has 5 nitrogen and oxygen atoms in total. The molecule has 6 heteroatoms.